The van der Waals surface area contributed by atoms with Crippen LogP contribution in [0.1, 0.15) is 35.9 Å². The topological polar surface area (TPSA) is 25.8 Å². The lowest BCUT2D eigenvalue weighted by molar-refractivity contribution is 0.824. The molecule has 1 aliphatic rings. The normalized spacial score (nSPS) is 13.0. The van der Waals surface area contributed by atoms with E-state index in [2.05, 4.69) is 56.3 Å². The molecule has 0 bridgehead atoms. The van der Waals surface area contributed by atoms with Crippen molar-refractivity contribution in [3.05, 3.63) is 58.6 Å². The van der Waals surface area contributed by atoms with Gasteiger partial charge in [0.05, 0.1) is 11.4 Å². The van der Waals surface area contributed by atoms with Crippen molar-refractivity contribution in [2.24, 2.45) is 0 Å². The third-order valence-electron chi connectivity index (χ3n) is 4.17. The molecule has 3 aromatic rings. The highest BCUT2D eigenvalue weighted by molar-refractivity contribution is 7.15. The molecule has 1 aromatic carbocycles. The van der Waals surface area contributed by atoms with Crippen molar-refractivity contribution in [2.75, 3.05) is 0 Å². The molecule has 22 heavy (non-hydrogen) atoms. The van der Waals surface area contributed by atoms with E-state index in [1.54, 1.807) is 11.3 Å². The molecule has 0 aliphatic heterocycles. The van der Waals surface area contributed by atoms with Gasteiger partial charge in [0.1, 0.15) is 5.01 Å². The van der Waals surface area contributed by atoms with E-state index >= 15 is 0 Å². The Morgan fingerprint density at radius 2 is 1.82 bits per heavy atom. The van der Waals surface area contributed by atoms with Gasteiger partial charge in [0.15, 0.2) is 0 Å². The number of fused-ring (bicyclic) bond motifs is 3. The molecule has 2 aromatic heterocycles. The zero-order valence-electron chi connectivity index (χ0n) is 12.8. The molecule has 0 atom stereocenters. The molecule has 0 radical (unpaired) electrons. The summed E-state index contributed by atoms with van der Waals surface area (Å²) in [4.78, 5) is 11.1. The van der Waals surface area contributed by atoms with E-state index in [1.165, 1.54) is 21.7 Å². The molecular formula is C19H18N2S. The Morgan fingerprint density at radius 1 is 0.955 bits per heavy atom. The molecule has 0 spiro atoms. The average molecular weight is 306 g/mol. The number of benzene rings is 1. The van der Waals surface area contributed by atoms with Gasteiger partial charge in [0.25, 0.3) is 0 Å². The first-order chi connectivity index (χ1) is 10.7. The lowest BCUT2D eigenvalue weighted by Crippen LogP contribution is -2.01. The average Bonchev–Trinajstić information content (AvgIpc) is 2.99. The molecule has 0 amide bonds. The molecular weight excluding hydrogens is 288 g/mol. The Hall–Kier alpha value is -2.00. The van der Waals surface area contributed by atoms with Crippen LogP contribution in [0.25, 0.3) is 22.0 Å². The maximum atomic E-state index is 4.92. The zero-order valence-corrected chi connectivity index (χ0v) is 13.7. The van der Waals surface area contributed by atoms with Gasteiger partial charge in [0, 0.05) is 16.1 Å². The number of pyridine rings is 1. The second kappa shape index (κ2) is 5.33. The molecule has 0 unspecified atom stereocenters. The van der Waals surface area contributed by atoms with Crippen LogP contribution in [0.2, 0.25) is 0 Å². The number of aromatic nitrogens is 2. The first-order valence-electron chi connectivity index (χ1n) is 7.77. The number of nitrogens with zero attached hydrogens (tertiary/aromatic N) is 2. The zero-order chi connectivity index (χ0) is 15.1. The maximum absolute atomic E-state index is 4.92. The van der Waals surface area contributed by atoms with Crippen LogP contribution >= 0.6 is 11.3 Å². The van der Waals surface area contributed by atoms with E-state index in [-0.39, 0.29) is 0 Å². The SMILES string of the molecule is CC(C)c1cccc(-c2nc3c(s2)CCc2ccccc2-3)n1. The van der Waals surface area contributed by atoms with Crippen LogP contribution in [0, 0.1) is 0 Å². The Labute approximate surface area is 134 Å². The second-order valence-corrected chi connectivity index (χ2v) is 7.13. The van der Waals surface area contributed by atoms with E-state index in [4.69, 9.17) is 9.97 Å². The molecule has 4 rings (SSSR count). The van der Waals surface area contributed by atoms with E-state index in [9.17, 15) is 0 Å². The van der Waals surface area contributed by atoms with Crippen LogP contribution in [0.3, 0.4) is 0 Å². The highest BCUT2D eigenvalue weighted by Crippen LogP contribution is 2.39. The monoisotopic (exact) mass is 306 g/mol. The Bertz CT molecular complexity index is 833. The van der Waals surface area contributed by atoms with Crippen molar-refractivity contribution >= 4 is 11.3 Å². The van der Waals surface area contributed by atoms with Crippen molar-refractivity contribution in [3.8, 4) is 22.0 Å². The van der Waals surface area contributed by atoms with Crippen LogP contribution < -0.4 is 0 Å². The summed E-state index contributed by atoms with van der Waals surface area (Å²) in [5.41, 5.74) is 6.01. The molecule has 0 saturated heterocycles. The van der Waals surface area contributed by atoms with Gasteiger partial charge in [0.2, 0.25) is 0 Å². The van der Waals surface area contributed by atoms with E-state index in [0.717, 1.165) is 29.2 Å². The summed E-state index contributed by atoms with van der Waals surface area (Å²) >= 11 is 1.80. The molecule has 2 nitrogen and oxygen atoms in total. The highest BCUT2D eigenvalue weighted by Gasteiger charge is 2.21. The van der Waals surface area contributed by atoms with Crippen molar-refractivity contribution in [1.29, 1.82) is 0 Å². The number of aryl methyl sites for hydroxylation is 2. The fraction of sp³-hybridized carbons (Fsp3) is 0.263. The smallest absolute Gasteiger partial charge is 0.142 e. The predicted molar refractivity (Wildman–Crippen MR) is 92.3 cm³/mol. The minimum Gasteiger partial charge on any atom is -0.250 e. The minimum absolute atomic E-state index is 0.440. The fourth-order valence-electron chi connectivity index (χ4n) is 2.95. The first-order valence-corrected chi connectivity index (χ1v) is 8.59. The summed E-state index contributed by atoms with van der Waals surface area (Å²) in [5, 5.41) is 1.05. The molecule has 1 aliphatic carbocycles. The van der Waals surface area contributed by atoms with Crippen molar-refractivity contribution in [2.45, 2.75) is 32.6 Å². The van der Waals surface area contributed by atoms with E-state index < -0.39 is 0 Å². The van der Waals surface area contributed by atoms with Gasteiger partial charge in [-0.25, -0.2) is 4.98 Å². The van der Waals surface area contributed by atoms with Crippen molar-refractivity contribution in [1.82, 2.24) is 9.97 Å². The van der Waals surface area contributed by atoms with Crippen molar-refractivity contribution in [3.63, 3.8) is 0 Å². The van der Waals surface area contributed by atoms with Gasteiger partial charge in [-0.1, -0.05) is 44.2 Å². The van der Waals surface area contributed by atoms with E-state index in [1.807, 2.05) is 0 Å². The molecule has 0 fully saturated rings. The largest absolute Gasteiger partial charge is 0.250 e. The molecule has 110 valence electrons. The Balaban J connectivity index is 1.81. The molecule has 2 heterocycles. The summed E-state index contributed by atoms with van der Waals surface area (Å²) in [6.45, 7) is 4.35. The first kappa shape index (κ1) is 13.6. The standard InChI is InChI=1S/C19H18N2S/c1-12(2)15-8-5-9-16(20-15)19-21-18-14-7-4-3-6-13(14)10-11-17(18)22-19/h3-9,12H,10-11H2,1-2H3. The van der Waals surface area contributed by atoms with Crippen LogP contribution in [-0.2, 0) is 12.8 Å². The predicted octanol–water partition coefficient (Wildman–Crippen LogP) is 5.09. The van der Waals surface area contributed by atoms with Crippen LogP contribution in [0.5, 0.6) is 0 Å². The summed E-state index contributed by atoms with van der Waals surface area (Å²) in [6, 6.07) is 14.9. The number of hydrogen-bond acceptors (Lipinski definition) is 3. The summed E-state index contributed by atoms with van der Waals surface area (Å²) in [6.07, 6.45) is 2.21. The lowest BCUT2D eigenvalue weighted by Gasteiger charge is -2.13. The third-order valence-corrected chi connectivity index (χ3v) is 5.31. The van der Waals surface area contributed by atoms with Crippen LogP contribution in [-0.4, -0.2) is 9.97 Å². The van der Waals surface area contributed by atoms with Gasteiger partial charge in [-0.15, -0.1) is 11.3 Å². The maximum Gasteiger partial charge on any atom is 0.142 e. The number of thiazole rings is 1. The number of hydrogen-bond donors (Lipinski definition) is 0. The fourth-order valence-corrected chi connectivity index (χ4v) is 4.00. The third kappa shape index (κ3) is 2.26. The second-order valence-electron chi connectivity index (χ2n) is 6.05. The van der Waals surface area contributed by atoms with E-state index in [0.29, 0.717) is 5.92 Å². The van der Waals surface area contributed by atoms with Gasteiger partial charge < -0.3 is 0 Å². The highest BCUT2D eigenvalue weighted by atomic mass is 32.1. The van der Waals surface area contributed by atoms with Crippen LogP contribution in [0.15, 0.2) is 42.5 Å². The van der Waals surface area contributed by atoms with Gasteiger partial charge in [-0.3, -0.25) is 4.98 Å². The summed E-state index contributed by atoms with van der Waals surface area (Å²) in [5.74, 6) is 0.440. The Morgan fingerprint density at radius 3 is 2.68 bits per heavy atom. The van der Waals surface area contributed by atoms with Gasteiger partial charge >= 0.3 is 0 Å². The molecule has 0 N–H and O–H groups in total. The van der Waals surface area contributed by atoms with Gasteiger partial charge in [-0.05, 0) is 36.5 Å². The minimum atomic E-state index is 0.440. The van der Waals surface area contributed by atoms with Crippen LogP contribution in [0.4, 0.5) is 0 Å². The summed E-state index contributed by atoms with van der Waals surface area (Å²) in [7, 11) is 0. The number of rotatable bonds is 2. The lowest BCUT2D eigenvalue weighted by atomic mass is 9.94. The van der Waals surface area contributed by atoms with Crippen molar-refractivity contribution < 1.29 is 0 Å². The van der Waals surface area contributed by atoms with Gasteiger partial charge in [-0.2, -0.15) is 0 Å². The molecule has 3 heteroatoms. The summed E-state index contributed by atoms with van der Waals surface area (Å²) < 4.78 is 0. The molecule has 0 saturated carbocycles. The Kier molecular flexibility index (Phi) is 3.30. The quantitative estimate of drug-likeness (QED) is 0.658.